The van der Waals surface area contributed by atoms with Gasteiger partial charge in [-0.3, -0.25) is 14.9 Å². The minimum absolute atomic E-state index is 0.0308. The van der Waals surface area contributed by atoms with E-state index in [4.69, 9.17) is 4.74 Å². The van der Waals surface area contributed by atoms with Gasteiger partial charge in [0.2, 0.25) is 0 Å². The third-order valence-electron chi connectivity index (χ3n) is 3.33. The number of aryl methyl sites for hydroxylation is 1. The van der Waals surface area contributed by atoms with Gasteiger partial charge in [-0.1, -0.05) is 30.3 Å². The number of nitrogens with zero attached hydrogens (tertiary/aromatic N) is 2. The lowest BCUT2D eigenvalue weighted by atomic mass is 10.2. The van der Waals surface area contributed by atoms with Crippen molar-refractivity contribution in [2.45, 2.75) is 26.2 Å². The van der Waals surface area contributed by atoms with Gasteiger partial charge in [0.25, 0.3) is 11.2 Å². The second-order valence-corrected chi connectivity index (χ2v) is 5.24. The van der Waals surface area contributed by atoms with Crippen molar-refractivity contribution >= 4 is 5.69 Å². The maximum atomic E-state index is 11.8. The second-order valence-electron chi connectivity index (χ2n) is 5.24. The van der Waals surface area contributed by atoms with Crippen LogP contribution in [0.5, 0.6) is 0 Å². The Morgan fingerprint density at radius 3 is 2.70 bits per heavy atom. The van der Waals surface area contributed by atoms with E-state index >= 15 is 0 Å². The molecule has 0 spiro atoms. The molecule has 0 aliphatic heterocycles. The molecule has 1 aromatic carbocycles. The zero-order chi connectivity index (χ0) is 16.8. The maximum absolute atomic E-state index is 11.8. The number of aliphatic hydroxyl groups excluding tert-OH is 1. The number of benzene rings is 1. The van der Waals surface area contributed by atoms with Gasteiger partial charge in [0.1, 0.15) is 0 Å². The molecule has 1 N–H and O–H groups in total. The van der Waals surface area contributed by atoms with Crippen LogP contribution in [-0.4, -0.2) is 27.3 Å². The van der Waals surface area contributed by atoms with E-state index in [2.05, 4.69) is 0 Å². The van der Waals surface area contributed by atoms with Crippen LogP contribution in [0, 0.1) is 17.0 Å². The molecule has 0 saturated heterocycles. The molecule has 0 aliphatic rings. The molecular weight excluding hydrogens is 300 g/mol. The zero-order valence-electron chi connectivity index (χ0n) is 12.7. The fraction of sp³-hybridized carbons (Fsp3) is 0.312. The summed E-state index contributed by atoms with van der Waals surface area (Å²) in [6.07, 6.45) is 0.219. The summed E-state index contributed by atoms with van der Waals surface area (Å²) in [7, 11) is 0. The van der Waals surface area contributed by atoms with Crippen molar-refractivity contribution in [2.75, 3.05) is 6.61 Å². The lowest BCUT2D eigenvalue weighted by Gasteiger charge is -2.13. The van der Waals surface area contributed by atoms with Crippen molar-refractivity contribution in [1.29, 1.82) is 0 Å². The number of ether oxygens (including phenoxy) is 1. The normalized spacial score (nSPS) is 12.1. The van der Waals surface area contributed by atoms with Gasteiger partial charge < -0.3 is 14.4 Å². The zero-order valence-corrected chi connectivity index (χ0v) is 12.7. The highest BCUT2D eigenvalue weighted by atomic mass is 16.6. The molecule has 0 aliphatic carbocycles. The molecule has 122 valence electrons. The van der Waals surface area contributed by atoms with Crippen molar-refractivity contribution in [2.24, 2.45) is 0 Å². The number of rotatable bonds is 7. The van der Waals surface area contributed by atoms with E-state index in [0.29, 0.717) is 12.2 Å². The quantitative estimate of drug-likeness (QED) is 0.618. The summed E-state index contributed by atoms with van der Waals surface area (Å²) in [6.45, 7) is 1.82. The number of nitro groups is 1. The van der Waals surface area contributed by atoms with Crippen LogP contribution in [0.15, 0.2) is 47.4 Å². The van der Waals surface area contributed by atoms with Gasteiger partial charge in [-0.2, -0.15) is 0 Å². The van der Waals surface area contributed by atoms with Crippen LogP contribution in [0.2, 0.25) is 0 Å². The molecule has 7 heteroatoms. The molecule has 23 heavy (non-hydrogen) atoms. The molecule has 1 aromatic heterocycles. The largest absolute Gasteiger partial charge is 0.389 e. The highest BCUT2D eigenvalue weighted by Crippen LogP contribution is 2.14. The van der Waals surface area contributed by atoms with E-state index in [-0.39, 0.29) is 18.8 Å². The first kappa shape index (κ1) is 16.9. The summed E-state index contributed by atoms with van der Waals surface area (Å²) in [5.41, 5.74) is 0.728. The Morgan fingerprint density at radius 1 is 1.35 bits per heavy atom. The summed E-state index contributed by atoms with van der Waals surface area (Å²) in [6, 6.07) is 10.7. The monoisotopic (exact) mass is 318 g/mol. The van der Waals surface area contributed by atoms with Gasteiger partial charge in [-0.25, -0.2) is 0 Å². The minimum atomic E-state index is -0.932. The molecule has 2 aromatic rings. The minimum Gasteiger partial charge on any atom is -0.389 e. The standard InChI is InChI=1S/C16H18N2O5/c1-12-7-16(20)17(9-15(12)18(21)22)8-14(19)11-23-10-13-5-3-2-4-6-13/h2-7,9,14,19H,8,10-11H2,1H3/t14-/m0/s1. The van der Waals surface area contributed by atoms with Crippen LogP contribution < -0.4 is 5.56 Å². The fourth-order valence-corrected chi connectivity index (χ4v) is 2.16. The van der Waals surface area contributed by atoms with E-state index < -0.39 is 16.6 Å². The number of aromatic nitrogens is 1. The third kappa shape index (κ3) is 4.73. The molecule has 7 nitrogen and oxygen atoms in total. The molecule has 0 bridgehead atoms. The summed E-state index contributed by atoms with van der Waals surface area (Å²) < 4.78 is 6.52. The fourth-order valence-electron chi connectivity index (χ4n) is 2.16. The first-order valence-corrected chi connectivity index (χ1v) is 7.12. The number of pyridine rings is 1. The van der Waals surface area contributed by atoms with Crippen LogP contribution in [0.1, 0.15) is 11.1 Å². The molecule has 1 atom stereocenters. The van der Waals surface area contributed by atoms with Crippen molar-refractivity contribution < 1.29 is 14.8 Å². The van der Waals surface area contributed by atoms with E-state index in [1.54, 1.807) is 0 Å². The molecule has 0 fully saturated rings. The third-order valence-corrected chi connectivity index (χ3v) is 3.33. The Hall–Kier alpha value is -2.51. The number of hydrogen-bond donors (Lipinski definition) is 1. The molecule has 1 heterocycles. The van der Waals surface area contributed by atoms with E-state index in [1.807, 2.05) is 30.3 Å². The lowest BCUT2D eigenvalue weighted by Crippen LogP contribution is -2.29. The summed E-state index contributed by atoms with van der Waals surface area (Å²) in [4.78, 5) is 22.2. The average Bonchev–Trinajstić information content (AvgIpc) is 2.50. The topological polar surface area (TPSA) is 94.6 Å². The number of aliphatic hydroxyl groups is 1. The Morgan fingerprint density at radius 2 is 2.04 bits per heavy atom. The molecule has 0 radical (unpaired) electrons. The van der Waals surface area contributed by atoms with Crippen LogP contribution in [-0.2, 0) is 17.9 Å². The van der Waals surface area contributed by atoms with Gasteiger partial charge in [-0.15, -0.1) is 0 Å². The van der Waals surface area contributed by atoms with E-state index in [0.717, 1.165) is 16.3 Å². The van der Waals surface area contributed by atoms with Gasteiger partial charge in [-0.05, 0) is 12.5 Å². The van der Waals surface area contributed by atoms with Crippen LogP contribution >= 0.6 is 0 Å². The Bertz CT molecular complexity index is 727. The Balaban J connectivity index is 1.95. The first-order chi connectivity index (χ1) is 11.0. The Labute approximate surface area is 132 Å². The molecule has 2 rings (SSSR count). The summed E-state index contributed by atoms with van der Waals surface area (Å²) >= 11 is 0. The first-order valence-electron chi connectivity index (χ1n) is 7.12. The molecule has 0 unspecified atom stereocenters. The van der Waals surface area contributed by atoms with Crippen LogP contribution in [0.3, 0.4) is 0 Å². The SMILES string of the molecule is Cc1cc(=O)n(C[C@H](O)COCc2ccccc2)cc1[N+](=O)[O-]. The van der Waals surface area contributed by atoms with Gasteiger partial charge >= 0.3 is 0 Å². The molecule has 0 saturated carbocycles. The second kappa shape index (κ2) is 7.66. The highest BCUT2D eigenvalue weighted by Gasteiger charge is 2.15. The number of hydrogen-bond acceptors (Lipinski definition) is 5. The van der Waals surface area contributed by atoms with E-state index in [9.17, 15) is 20.0 Å². The molecular formula is C16H18N2O5. The van der Waals surface area contributed by atoms with Crippen molar-refractivity contribution in [3.8, 4) is 0 Å². The predicted molar refractivity (Wildman–Crippen MR) is 84.2 cm³/mol. The van der Waals surface area contributed by atoms with Crippen molar-refractivity contribution in [3.63, 3.8) is 0 Å². The van der Waals surface area contributed by atoms with Crippen LogP contribution in [0.25, 0.3) is 0 Å². The lowest BCUT2D eigenvalue weighted by molar-refractivity contribution is -0.386. The average molecular weight is 318 g/mol. The van der Waals surface area contributed by atoms with Gasteiger partial charge in [0, 0.05) is 11.6 Å². The summed E-state index contributed by atoms with van der Waals surface area (Å²) in [5, 5.41) is 20.9. The predicted octanol–water partition coefficient (Wildman–Crippen LogP) is 1.64. The molecule has 0 amide bonds. The van der Waals surface area contributed by atoms with Crippen molar-refractivity contribution in [3.05, 3.63) is 74.2 Å². The maximum Gasteiger partial charge on any atom is 0.288 e. The van der Waals surface area contributed by atoms with Gasteiger partial charge in [0.05, 0.1) is 37.0 Å². The highest BCUT2D eigenvalue weighted by molar-refractivity contribution is 5.35. The van der Waals surface area contributed by atoms with Crippen LogP contribution in [0.4, 0.5) is 5.69 Å². The Kier molecular flexibility index (Phi) is 5.61. The smallest absolute Gasteiger partial charge is 0.288 e. The summed E-state index contributed by atoms with van der Waals surface area (Å²) in [5.74, 6) is 0. The van der Waals surface area contributed by atoms with Crippen molar-refractivity contribution in [1.82, 2.24) is 4.57 Å². The van der Waals surface area contributed by atoms with E-state index in [1.165, 1.54) is 13.0 Å². The van der Waals surface area contributed by atoms with Gasteiger partial charge in [0.15, 0.2) is 0 Å².